The SMILES string of the molecule is COC(=O)/C(S)=C/c1ccc(C)cc1. The van der Waals surface area contributed by atoms with Crippen molar-refractivity contribution < 1.29 is 9.53 Å². The first-order valence-corrected chi connectivity index (χ1v) is 4.64. The standard InChI is InChI=1S/C11H12O2S/c1-8-3-5-9(6-4-8)7-10(14)11(12)13-2/h3-7,14H,1-2H3/b10-7-. The Morgan fingerprint density at radius 3 is 2.43 bits per heavy atom. The summed E-state index contributed by atoms with van der Waals surface area (Å²) in [4.78, 5) is 11.3. The van der Waals surface area contributed by atoms with Gasteiger partial charge in [-0.05, 0) is 18.6 Å². The monoisotopic (exact) mass is 208 g/mol. The average Bonchev–Trinajstić information content (AvgIpc) is 2.20. The van der Waals surface area contributed by atoms with Crippen molar-refractivity contribution in [3.8, 4) is 0 Å². The molecule has 0 unspecified atom stereocenters. The van der Waals surface area contributed by atoms with E-state index in [1.54, 1.807) is 6.08 Å². The molecule has 0 saturated carbocycles. The van der Waals surface area contributed by atoms with Crippen LogP contribution >= 0.6 is 12.6 Å². The topological polar surface area (TPSA) is 26.3 Å². The number of methoxy groups -OCH3 is 1. The number of aryl methyl sites for hydroxylation is 1. The molecule has 2 nitrogen and oxygen atoms in total. The maximum Gasteiger partial charge on any atom is 0.344 e. The Balaban J connectivity index is 2.86. The predicted molar refractivity (Wildman–Crippen MR) is 60.2 cm³/mol. The molecule has 0 N–H and O–H groups in total. The van der Waals surface area contributed by atoms with Crippen molar-refractivity contribution in [1.82, 2.24) is 0 Å². The molecule has 1 aromatic rings. The van der Waals surface area contributed by atoms with E-state index in [-0.39, 0.29) is 0 Å². The zero-order valence-electron chi connectivity index (χ0n) is 8.15. The third kappa shape index (κ3) is 2.92. The summed E-state index contributed by atoms with van der Waals surface area (Å²) in [6.07, 6.45) is 1.67. The van der Waals surface area contributed by atoms with Crippen molar-refractivity contribution in [2.24, 2.45) is 0 Å². The highest BCUT2D eigenvalue weighted by Crippen LogP contribution is 2.11. The lowest BCUT2D eigenvalue weighted by atomic mass is 10.1. The van der Waals surface area contributed by atoms with Crippen LogP contribution in [0.2, 0.25) is 0 Å². The van der Waals surface area contributed by atoms with E-state index in [4.69, 9.17) is 0 Å². The normalized spacial score (nSPS) is 11.2. The van der Waals surface area contributed by atoms with E-state index >= 15 is 0 Å². The predicted octanol–water partition coefficient (Wildman–Crippen LogP) is 2.44. The second kappa shape index (κ2) is 4.86. The first-order chi connectivity index (χ1) is 6.63. The Hall–Kier alpha value is -1.22. The molecule has 3 heteroatoms. The van der Waals surface area contributed by atoms with Gasteiger partial charge in [0.05, 0.1) is 12.0 Å². The molecule has 0 atom stereocenters. The second-order valence-electron chi connectivity index (χ2n) is 2.93. The molecule has 1 rings (SSSR count). The summed E-state index contributed by atoms with van der Waals surface area (Å²) < 4.78 is 4.52. The fourth-order valence-corrected chi connectivity index (χ4v) is 1.22. The van der Waals surface area contributed by atoms with E-state index in [0.29, 0.717) is 4.91 Å². The Morgan fingerprint density at radius 2 is 1.93 bits per heavy atom. The molecule has 74 valence electrons. The number of esters is 1. The molecule has 0 saturated heterocycles. The first-order valence-electron chi connectivity index (χ1n) is 4.19. The smallest absolute Gasteiger partial charge is 0.344 e. The third-order valence-electron chi connectivity index (χ3n) is 1.78. The zero-order valence-corrected chi connectivity index (χ0v) is 9.04. The van der Waals surface area contributed by atoms with Crippen LogP contribution in [-0.2, 0) is 9.53 Å². The lowest BCUT2D eigenvalue weighted by molar-refractivity contribution is -0.135. The number of hydrogen-bond acceptors (Lipinski definition) is 3. The number of carbonyl (C=O) groups excluding carboxylic acids is 1. The van der Waals surface area contributed by atoms with Crippen molar-refractivity contribution in [3.63, 3.8) is 0 Å². The molecule has 0 aliphatic rings. The van der Waals surface area contributed by atoms with Gasteiger partial charge in [0, 0.05) is 0 Å². The summed E-state index contributed by atoms with van der Waals surface area (Å²) in [5, 5.41) is 0. The molecule has 0 spiro atoms. The van der Waals surface area contributed by atoms with Crippen LogP contribution < -0.4 is 0 Å². The summed E-state index contributed by atoms with van der Waals surface area (Å²) in [5.74, 6) is -0.422. The molecule has 0 heterocycles. The van der Waals surface area contributed by atoms with Crippen LogP contribution in [0, 0.1) is 6.92 Å². The molecular weight excluding hydrogens is 196 g/mol. The summed E-state index contributed by atoms with van der Waals surface area (Å²) >= 11 is 4.03. The summed E-state index contributed by atoms with van der Waals surface area (Å²) in [5.41, 5.74) is 2.12. The van der Waals surface area contributed by atoms with Crippen LogP contribution in [0.4, 0.5) is 0 Å². The van der Waals surface area contributed by atoms with Gasteiger partial charge in [0.25, 0.3) is 0 Å². The van der Waals surface area contributed by atoms with Crippen molar-refractivity contribution in [1.29, 1.82) is 0 Å². The van der Waals surface area contributed by atoms with Gasteiger partial charge in [-0.25, -0.2) is 4.79 Å². The minimum Gasteiger partial charge on any atom is -0.465 e. The van der Waals surface area contributed by atoms with Crippen LogP contribution in [0.25, 0.3) is 6.08 Å². The Kier molecular flexibility index (Phi) is 3.77. The largest absolute Gasteiger partial charge is 0.465 e. The molecule has 0 aliphatic carbocycles. The average molecular weight is 208 g/mol. The van der Waals surface area contributed by atoms with Gasteiger partial charge in [-0.1, -0.05) is 29.8 Å². The van der Waals surface area contributed by atoms with E-state index in [0.717, 1.165) is 5.56 Å². The Bertz CT molecular complexity index is 352. The van der Waals surface area contributed by atoms with Gasteiger partial charge in [-0.2, -0.15) is 0 Å². The van der Waals surface area contributed by atoms with Crippen LogP contribution in [0.1, 0.15) is 11.1 Å². The van der Waals surface area contributed by atoms with Gasteiger partial charge in [-0.3, -0.25) is 0 Å². The number of rotatable bonds is 2. The Labute approximate surface area is 89.0 Å². The summed E-state index contributed by atoms with van der Waals surface area (Å²) in [6.45, 7) is 2.01. The number of carbonyl (C=O) groups is 1. The highest BCUT2D eigenvalue weighted by molar-refractivity contribution is 7.85. The molecule has 1 aromatic carbocycles. The van der Waals surface area contributed by atoms with Crippen molar-refractivity contribution in [3.05, 3.63) is 40.3 Å². The van der Waals surface area contributed by atoms with Gasteiger partial charge >= 0.3 is 5.97 Å². The van der Waals surface area contributed by atoms with Gasteiger partial charge < -0.3 is 4.74 Å². The fourth-order valence-electron chi connectivity index (χ4n) is 0.984. The van der Waals surface area contributed by atoms with E-state index in [9.17, 15) is 4.79 Å². The number of ether oxygens (including phenoxy) is 1. The number of hydrogen-bond donors (Lipinski definition) is 1. The minimum atomic E-state index is -0.422. The van der Waals surface area contributed by atoms with E-state index in [2.05, 4.69) is 17.4 Å². The fraction of sp³-hybridized carbons (Fsp3) is 0.182. The van der Waals surface area contributed by atoms with Crippen LogP contribution in [-0.4, -0.2) is 13.1 Å². The zero-order chi connectivity index (χ0) is 10.6. The molecule has 14 heavy (non-hydrogen) atoms. The van der Waals surface area contributed by atoms with E-state index in [1.807, 2.05) is 31.2 Å². The van der Waals surface area contributed by atoms with Crippen molar-refractivity contribution in [2.45, 2.75) is 6.92 Å². The van der Waals surface area contributed by atoms with Crippen molar-refractivity contribution >= 4 is 24.7 Å². The maximum absolute atomic E-state index is 11.0. The molecule has 0 aromatic heterocycles. The number of benzene rings is 1. The molecule has 0 fully saturated rings. The minimum absolute atomic E-state index is 0.302. The maximum atomic E-state index is 11.0. The summed E-state index contributed by atoms with van der Waals surface area (Å²) in [6, 6.07) is 7.80. The van der Waals surface area contributed by atoms with Crippen LogP contribution in [0.3, 0.4) is 0 Å². The number of thiol groups is 1. The quantitative estimate of drug-likeness (QED) is 0.459. The van der Waals surface area contributed by atoms with Gasteiger partial charge in [0.1, 0.15) is 0 Å². The molecular formula is C11H12O2S. The molecule has 0 bridgehead atoms. The molecule has 0 radical (unpaired) electrons. The lowest BCUT2D eigenvalue weighted by Crippen LogP contribution is -1.99. The third-order valence-corrected chi connectivity index (χ3v) is 2.09. The Morgan fingerprint density at radius 1 is 1.36 bits per heavy atom. The van der Waals surface area contributed by atoms with Gasteiger partial charge in [0.2, 0.25) is 0 Å². The first kappa shape index (κ1) is 10.9. The lowest BCUT2D eigenvalue weighted by Gasteiger charge is -1.98. The van der Waals surface area contributed by atoms with Crippen molar-refractivity contribution in [2.75, 3.05) is 7.11 Å². The van der Waals surface area contributed by atoms with Gasteiger partial charge in [-0.15, -0.1) is 12.6 Å². The molecule has 0 amide bonds. The van der Waals surface area contributed by atoms with E-state index in [1.165, 1.54) is 12.7 Å². The summed E-state index contributed by atoms with van der Waals surface area (Å²) in [7, 11) is 1.33. The second-order valence-corrected chi connectivity index (χ2v) is 3.41. The van der Waals surface area contributed by atoms with E-state index < -0.39 is 5.97 Å². The highest BCUT2D eigenvalue weighted by atomic mass is 32.1. The van der Waals surface area contributed by atoms with Gasteiger partial charge in [0.15, 0.2) is 0 Å². The van der Waals surface area contributed by atoms with Crippen LogP contribution in [0.15, 0.2) is 29.2 Å². The highest BCUT2D eigenvalue weighted by Gasteiger charge is 2.03. The van der Waals surface area contributed by atoms with Crippen LogP contribution in [0.5, 0.6) is 0 Å². The molecule has 0 aliphatic heterocycles.